The molecule has 0 saturated heterocycles. The van der Waals surface area contributed by atoms with Crippen molar-refractivity contribution >= 4 is 16.9 Å². The number of amides is 1. The van der Waals surface area contributed by atoms with E-state index >= 15 is 0 Å². The van der Waals surface area contributed by atoms with E-state index in [1.54, 1.807) is 4.90 Å². The maximum absolute atomic E-state index is 12.2. The molecule has 3 rings (SSSR count). The molecule has 1 aromatic carbocycles. The van der Waals surface area contributed by atoms with E-state index in [4.69, 9.17) is 4.74 Å². The number of hydrogen-bond acceptors (Lipinski definition) is 3. The van der Waals surface area contributed by atoms with Gasteiger partial charge in [-0.05, 0) is 44.2 Å². The molecule has 0 radical (unpaired) electrons. The summed E-state index contributed by atoms with van der Waals surface area (Å²) in [6.45, 7) is 6.51. The Balaban J connectivity index is 1.94. The third-order valence-electron chi connectivity index (χ3n) is 3.76. The molecule has 0 saturated carbocycles. The molecular formula is C17H20N2O3. The summed E-state index contributed by atoms with van der Waals surface area (Å²) in [5, 5.41) is 1.68. The molecule has 0 unspecified atom stereocenters. The minimum atomic E-state index is -0.520. The molecule has 0 spiro atoms. The van der Waals surface area contributed by atoms with Crippen molar-refractivity contribution in [3.63, 3.8) is 0 Å². The zero-order valence-corrected chi connectivity index (χ0v) is 13.1. The van der Waals surface area contributed by atoms with Gasteiger partial charge in [-0.25, -0.2) is 4.79 Å². The van der Waals surface area contributed by atoms with Gasteiger partial charge in [-0.1, -0.05) is 18.2 Å². The van der Waals surface area contributed by atoms with Crippen LogP contribution in [0.4, 0.5) is 4.79 Å². The molecule has 0 fully saturated rings. The molecule has 116 valence electrons. The molecule has 0 bridgehead atoms. The number of ether oxygens (including phenoxy) is 1. The molecule has 2 heterocycles. The Bertz CT molecular complexity index is 787. The van der Waals surface area contributed by atoms with Gasteiger partial charge < -0.3 is 14.6 Å². The first-order valence-corrected chi connectivity index (χ1v) is 7.46. The van der Waals surface area contributed by atoms with E-state index in [-0.39, 0.29) is 11.7 Å². The van der Waals surface area contributed by atoms with Crippen molar-refractivity contribution in [1.29, 1.82) is 0 Å². The van der Waals surface area contributed by atoms with Gasteiger partial charge in [0.15, 0.2) is 0 Å². The Kier molecular flexibility index (Phi) is 3.43. The highest BCUT2D eigenvalue weighted by Gasteiger charge is 2.27. The predicted octanol–water partition coefficient (Wildman–Crippen LogP) is 2.82. The Morgan fingerprint density at radius 2 is 1.91 bits per heavy atom. The van der Waals surface area contributed by atoms with Crippen LogP contribution in [0.1, 0.15) is 32.0 Å². The van der Waals surface area contributed by atoms with E-state index < -0.39 is 5.60 Å². The highest BCUT2D eigenvalue weighted by Crippen LogP contribution is 2.24. The lowest BCUT2D eigenvalue weighted by molar-refractivity contribution is 0.0221. The largest absolute Gasteiger partial charge is 0.444 e. The van der Waals surface area contributed by atoms with Crippen LogP contribution in [0, 0.1) is 0 Å². The summed E-state index contributed by atoms with van der Waals surface area (Å²) in [7, 11) is 0. The Morgan fingerprint density at radius 1 is 1.23 bits per heavy atom. The second kappa shape index (κ2) is 5.16. The predicted molar refractivity (Wildman–Crippen MR) is 84.9 cm³/mol. The van der Waals surface area contributed by atoms with Gasteiger partial charge in [0.05, 0.1) is 6.54 Å². The minimum absolute atomic E-state index is 0.111. The number of benzene rings is 1. The van der Waals surface area contributed by atoms with Crippen LogP contribution < -0.4 is 5.56 Å². The van der Waals surface area contributed by atoms with E-state index in [0.717, 1.165) is 16.6 Å². The van der Waals surface area contributed by atoms with Crippen LogP contribution >= 0.6 is 0 Å². The lowest BCUT2D eigenvalue weighted by atomic mass is 9.98. The second-order valence-corrected chi connectivity index (χ2v) is 6.61. The third-order valence-corrected chi connectivity index (χ3v) is 3.76. The number of aromatic amines is 1. The first kappa shape index (κ1) is 14.6. The zero-order chi connectivity index (χ0) is 15.9. The Morgan fingerprint density at radius 3 is 2.59 bits per heavy atom. The molecule has 22 heavy (non-hydrogen) atoms. The maximum Gasteiger partial charge on any atom is 0.410 e. The molecule has 5 nitrogen and oxygen atoms in total. The van der Waals surface area contributed by atoms with Crippen molar-refractivity contribution in [3.8, 4) is 0 Å². The van der Waals surface area contributed by atoms with Gasteiger partial charge in [-0.2, -0.15) is 0 Å². The number of nitrogens with zero attached hydrogens (tertiary/aromatic N) is 1. The number of pyridine rings is 1. The fourth-order valence-electron chi connectivity index (χ4n) is 2.81. The Labute approximate surface area is 128 Å². The monoisotopic (exact) mass is 300 g/mol. The first-order chi connectivity index (χ1) is 10.3. The third kappa shape index (κ3) is 2.71. The van der Waals surface area contributed by atoms with Crippen LogP contribution in [0.2, 0.25) is 0 Å². The highest BCUT2D eigenvalue weighted by molar-refractivity contribution is 5.85. The second-order valence-electron chi connectivity index (χ2n) is 6.61. The smallest absolute Gasteiger partial charge is 0.410 e. The van der Waals surface area contributed by atoms with Crippen LogP contribution in [0.15, 0.2) is 29.1 Å². The summed E-state index contributed by atoms with van der Waals surface area (Å²) in [6.07, 6.45) is 0.374. The summed E-state index contributed by atoms with van der Waals surface area (Å²) in [5.41, 5.74) is 1.30. The van der Waals surface area contributed by atoms with Crippen molar-refractivity contribution < 1.29 is 9.53 Å². The van der Waals surface area contributed by atoms with Gasteiger partial charge in [0.2, 0.25) is 0 Å². The summed E-state index contributed by atoms with van der Waals surface area (Å²) in [4.78, 5) is 28.9. The molecule has 5 heteroatoms. The topological polar surface area (TPSA) is 62.4 Å². The lowest BCUT2D eigenvalue weighted by Crippen LogP contribution is -2.40. The number of fused-ring (bicyclic) bond motifs is 3. The maximum atomic E-state index is 12.2. The lowest BCUT2D eigenvalue weighted by Gasteiger charge is -2.31. The van der Waals surface area contributed by atoms with Crippen molar-refractivity contribution in [2.45, 2.75) is 39.3 Å². The number of carbonyl (C=O) groups excluding carboxylic acids is 1. The van der Waals surface area contributed by atoms with Crippen molar-refractivity contribution in [3.05, 3.63) is 45.9 Å². The highest BCUT2D eigenvalue weighted by atomic mass is 16.6. The van der Waals surface area contributed by atoms with E-state index in [1.807, 2.05) is 45.0 Å². The summed E-state index contributed by atoms with van der Waals surface area (Å²) >= 11 is 0. The fraction of sp³-hybridized carbons (Fsp3) is 0.412. The molecular weight excluding hydrogens is 280 g/mol. The molecule has 0 atom stereocenters. The van der Waals surface area contributed by atoms with Gasteiger partial charge in [0, 0.05) is 17.6 Å². The van der Waals surface area contributed by atoms with E-state index in [9.17, 15) is 9.59 Å². The van der Waals surface area contributed by atoms with Gasteiger partial charge in [0.25, 0.3) is 5.56 Å². The van der Waals surface area contributed by atoms with Crippen LogP contribution in [0.25, 0.3) is 10.8 Å². The normalized spacial score (nSPS) is 14.8. The molecule has 1 aliphatic heterocycles. The van der Waals surface area contributed by atoms with E-state index in [0.29, 0.717) is 24.9 Å². The average molecular weight is 300 g/mol. The summed E-state index contributed by atoms with van der Waals surface area (Å²) < 4.78 is 5.40. The number of aromatic nitrogens is 1. The quantitative estimate of drug-likeness (QED) is 0.813. The number of H-pyrrole nitrogens is 1. The number of nitrogens with one attached hydrogen (secondary N) is 1. The molecule has 1 N–H and O–H groups in total. The van der Waals surface area contributed by atoms with E-state index in [2.05, 4.69) is 4.98 Å². The van der Waals surface area contributed by atoms with Gasteiger partial charge >= 0.3 is 6.09 Å². The van der Waals surface area contributed by atoms with Gasteiger partial charge in [0.1, 0.15) is 5.60 Å². The number of carbonyl (C=O) groups is 1. The summed E-state index contributed by atoms with van der Waals surface area (Å²) in [5.74, 6) is 0. The van der Waals surface area contributed by atoms with Crippen molar-refractivity contribution in [2.75, 3.05) is 6.54 Å². The van der Waals surface area contributed by atoms with E-state index in [1.165, 1.54) is 0 Å². The number of rotatable bonds is 0. The molecule has 2 aromatic rings. The molecule has 1 aromatic heterocycles. The fourth-order valence-corrected chi connectivity index (χ4v) is 2.81. The Hall–Kier alpha value is -2.30. The molecule has 1 amide bonds. The SMILES string of the molecule is CC(C)(C)OC(=O)N1CCc2c([nH]c(=O)c3ccccc23)C1. The van der Waals surface area contributed by atoms with Crippen LogP contribution in [-0.2, 0) is 17.7 Å². The molecule has 0 aliphatic carbocycles. The standard InChI is InChI=1S/C17H20N2O3/c1-17(2,3)22-16(21)19-9-8-12-11-6-4-5-7-13(11)15(20)18-14(12)10-19/h4-7H,8-10H2,1-3H3,(H,18,20). The average Bonchev–Trinajstić information content (AvgIpc) is 2.45. The van der Waals surface area contributed by atoms with Gasteiger partial charge in [-0.15, -0.1) is 0 Å². The van der Waals surface area contributed by atoms with Gasteiger partial charge in [-0.3, -0.25) is 4.79 Å². The molecule has 1 aliphatic rings. The van der Waals surface area contributed by atoms with Crippen molar-refractivity contribution in [2.24, 2.45) is 0 Å². The first-order valence-electron chi connectivity index (χ1n) is 7.46. The van der Waals surface area contributed by atoms with Crippen LogP contribution in [-0.4, -0.2) is 28.1 Å². The van der Waals surface area contributed by atoms with Crippen LogP contribution in [0.5, 0.6) is 0 Å². The number of hydrogen-bond donors (Lipinski definition) is 1. The minimum Gasteiger partial charge on any atom is -0.444 e. The zero-order valence-electron chi connectivity index (χ0n) is 13.1. The van der Waals surface area contributed by atoms with Crippen molar-refractivity contribution in [1.82, 2.24) is 9.88 Å². The summed E-state index contributed by atoms with van der Waals surface area (Å²) in [6, 6.07) is 7.59. The van der Waals surface area contributed by atoms with Crippen LogP contribution in [0.3, 0.4) is 0 Å².